The van der Waals surface area contributed by atoms with Gasteiger partial charge in [0, 0.05) is 20.2 Å². The second-order valence-electron chi connectivity index (χ2n) is 4.20. The van der Waals surface area contributed by atoms with Crippen LogP contribution >= 0.6 is 11.6 Å². The molecule has 2 aromatic rings. The SMILES string of the molecule is CN(C)c1cc(Cl)nc(N(C(=O)O)c2ccccc2)n1. The fraction of sp³-hybridized carbons (Fsp3) is 0.154. The maximum atomic E-state index is 11.5. The number of halogens is 1. The van der Waals surface area contributed by atoms with Gasteiger partial charge in [0.1, 0.15) is 11.0 Å². The molecular formula is C13H13ClN4O2. The monoisotopic (exact) mass is 292 g/mol. The van der Waals surface area contributed by atoms with Gasteiger partial charge >= 0.3 is 6.09 Å². The Morgan fingerprint density at radius 2 is 1.85 bits per heavy atom. The van der Waals surface area contributed by atoms with Crippen molar-refractivity contribution >= 4 is 35.1 Å². The average molecular weight is 293 g/mol. The molecule has 1 N–H and O–H groups in total. The molecule has 20 heavy (non-hydrogen) atoms. The van der Waals surface area contributed by atoms with E-state index in [1.54, 1.807) is 55.4 Å². The van der Waals surface area contributed by atoms with E-state index >= 15 is 0 Å². The van der Waals surface area contributed by atoms with Crippen LogP contribution in [0.1, 0.15) is 0 Å². The predicted octanol–water partition coefficient (Wildman–Crippen LogP) is 3.01. The maximum absolute atomic E-state index is 11.5. The first-order valence-corrected chi connectivity index (χ1v) is 6.17. The van der Waals surface area contributed by atoms with E-state index in [-0.39, 0.29) is 11.1 Å². The lowest BCUT2D eigenvalue weighted by molar-refractivity contribution is 0.204. The summed E-state index contributed by atoms with van der Waals surface area (Å²) in [6, 6.07) is 10.2. The third-order valence-corrected chi connectivity index (χ3v) is 2.73. The van der Waals surface area contributed by atoms with E-state index in [4.69, 9.17) is 11.6 Å². The first-order chi connectivity index (χ1) is 9.49. The molecule has 6 nitrogen and oxygen atoms in total. The molecule has 0 saturated carbocycles. The highest BCUT2D eigenvalue weighted by molar-refractivity contribution is 6.29. The number of nitrogens with zero attached hydrogens (tertiary/aromatic N) is 4. The van der Waals surface area contributed by atoms with Crippen LogP contribution < -0.4 is 9.80 Å². The quantitative estimate of drug-likeness (QED) is 0.881. The van der Waals surface area contributed by atoms with Crippen molar-refractivity contribution in [1.29, 1.82) is 0 Å². The fourth-order valence-electron chi connectivity index (χ4n) is 1.61. The van der Waals surface area contributed by atoms with Crippen molar-refractivity contribution in [2.24, 2.45) is 0 Å². The number of benzene rings is 1. The van der Waals surface area contributed by atoms with E-state index in [1.165, 1.54) is 0 Å². The summed E-state index contributed by atoms with van der Waals surface area (Å²) in [5, 5.41) is 9.57. The van der Waals surface area contributed by atoms with Gasteiger partial charge in [0.25, 0.3) is 0 Å². The zero-order valence-corrected chi connectivity index (χ0v) is 11.7. The molecule has 1 amide bonds. The molecule has 0 saturated heterocycles. The Morgan fingerprint density at radius 3 is 2.40 bits per heavy atom. The van der Waals surface area contributed by atoms with E-state index in [0.717, 1.165) is 4.90 Å². The Hall–Kier alpha value is -2.34. The molecule has 0 spiro atoms. The minimum absolute atomic E-state index is 0.0138. The van der Waals surface area contributed by atoms with Crippen LogP contribution in [0.3, 0.4) is 0 Å². The van der Waals surface area contributed by atoms with Crippen molar-refractivity contribution < 1.29 is 9.90 Å². The number of aromatic nitrogens is 2. The number of amides is 1. The zero-order chi connectivity index (χ0) is 14.7. The summed E-state index contributed by atoms with van der Waals surface area (Å²) in [5.74, 6) is 0.544. The number of carbonyl (C=O) groups is 1. The van der Waals surface area contributed by atoms with Crippen molar-refractivity contribution in [3.8, 4) is 0 Å². The average Bonchev–Trinajstić information content (AvgIpc) is 2.39. The summed E-state index contributed by atoms with van der Waals surface area (Å²) in [6.07, 6.45) is -1.18. The van der Waals surface area contributed by atoms with Crippen LogP contribution in [0.2, 0.25) is 5.15 Å². The van der Waals surface area contributed by atoms with Crippen LogP contribution in [-0.2, 0) is 0 Å². The zero-order valence-electron chi connectivity index (χ0n) is 11.0. The molecule has 0 bridgehead atoms. The molecule has 0 aliphatic heterocycles. The normalized spacial score (nSPS) is 10.2. The molecule has 0 aliphatic carbocycles. The highest BCUT2D eigenvalue weighted by atomic mass is 35.5. The molecule has 2 rings (SSSR count). The third-order valence-electron chi connectivity index (χ3n) is 2.53. The summed E-state index contributed by atoms with van der Waals surface area (Å²) in [7, 11) is 3.58. The minimum atomic E-state index is -1.18. The molecule has 1 heterocycles. The number of anilines is 3. The van der Waals surface area contributed by atoms with Gasteiger partial charge in [0.05, 0.1) is 5.69 Å². The van der Waals surface area contributed by atoms with Crippen molar-refractivity contribution in [3.63, 3.8) is 0 Å². The topological polar surface area (TPSA) is 69.6 Å². The number of rotatable bonds is 3. The van der Waals surface area contributed by atoms with Crippen LogP contribution in [0, 0.1) is 0 Å². The van der Waals surface area contributed by atoms with Gasteiger partial charge in [0.15, 0.2) is 0 Å². The molecule has 0 aliphatic rings. The van der Waals surface area contributed by atoms with Crippen LogP contribution in [0.25, 0.3) is 0 Å². The number of para-hydroxylation sites is 1. The van der Waals surface area contributed by atoms with Gasteiger partial charge in [-0.1, -0.05) is 29.8 Å². The number of hydrogen-bond acceptors (Lipinski definition) is 4. The molecule has 1 aromatic carbocycles. The van der Waals surface area contributed by atoms with Crippen LogP contribution in [0.15, 0.2) is 36.4 Å². The lowest BCUT2D eigenvalue weighted by Gasteiger charge is -2.19. The summed E-state index contributed by atoms with van der Waals surface area (Å²) < 4.78 is 0. The highest BCUT2D eigenvalue weighted by Crippen LogP contribution is 2.25. The van der Waals surface area contributed by atoms with Gasteiger partial charge in [-0.25, -0.2) is 14.7 Å². The lowest BCUT2D eigenvalue weighted by Crippen LogP contribution is -2.26. The number of carboxylic acid groups (broad SMARTS) is 1. The molecule has 7 heteroatoms. The van der Waals surface area contributed by atoms with Crippen molar-refractivity contribution in [3.05, 3.63) is 41.6 Å². The van der Waals surface area contributed by atoms with Gasteiger partial charge in [-0.15, -0.1) is 0 Å². The standard InChI is InChI=1S/C13H13ClN4O2/c1-17(2)11-8-10(14)15-12(16-11)18(13(19)20)9-6-4-3-5-7-9/h3-8H,1-2H3,(H,19,20). The van der Waals surface area contributed by atoms with E-state index in [0.29, 0.717) is 11.5 Å². The fourth-order valence-corrected chi connectivity index (χ4v) is 1.78. The van der Waals surface area contributed by atoms with Gasteiger partial charge in [-0.05, 0) is 12.1 Å². The summed E-state index contributed by atoms with van der Waals surface area (Å²) in [6.45, 7) is 0. The number of hydrogen-bond donors (Lipinski definition) is 1. The van der Waals surface area contributed by atoms with Crippen molar-refractivity contribution in [2.75, 3.05) is 23.9 Å². The lowest BCUT2D eigenvalue weighted by atomic mass is 10.3. The van der Waals surface area contributed by atoms with E-state index in [9.17, 15) is 9.90 Å². The van der Waals surface area contributed by atoms with Crippen LogP contribution in [-0.4, -0.2) is 35.3 Å². The second-order valence-corrected chi connectivity index (χ2v) is 4.58. The van der Waals surface area contributed by atoms with E-state index < -0.39 is 6.09 Å². The van der Waals surface area contributed by atoms with Crippen LogP contribution in [0.4, 0.5) is 22.2 Å². The Morgan fingerprint density at radius 1 is 1.20 bits per heavy atom. The van der Waals surface area contributed by atoms with Gasteiger partial charge in [-0.3, -0.25) is 0 Å². The van der Waals surface area contributed by atoms with Crippen LogP contribution in [0.5, 0.6) is 0 Å². The smallest absolute Gasteiger partial charge is 0.418 e. The van der Waals surface area contributed by atoms with Crippen molar-refractivity contribution in [2.45, 2.75) is 0 Å². The summed E-state index contributed by atoms with van der Waals surface area (Å²) in [5.41, 5.74) is 0.451. The second kappa shape index (κ2) is 5.75. The van der Waals surface area contributed by atoms with Gasteiger partial charge in [-0.2, -0.15) is 4.98 Å². The Balaban J connectivity index is 2.53. The predicted molar refractivity (Wildman–Crippen MR) is 78.0 cm³/mol. The molecule has 0 atom stereocenters. The summed E-state index contributed by atoms with van der Waals surface area (Å²) in [4.78, 5) is 22.4. The molecular weight excluding hydrogens is 280 g/mol. The molecule has 0 fully saturated rings. The first-order valence-electron chi connectivity index (χ1n) is 5.79. The Labute approximate surface area is 121 Å². The van der Waals surface area contributed by atoms with Gasteiger partial charge < -0.3 is 10.0 Å². The van der Waals surface area contributed by atoms with E-state index in [1.807, 2.05) is 0 Å². The molecule has 1 aromatic heterocycles. The first kappa shape index (κ1) is 14.1. The highest BCUT2D eigenvalue weighted by Gasteiger charge is 2.21. The molecule has 104 valence electrons. The van der Waals surface area contributed by atoms with Gasteiger partial charge in [0.2, 0.25) is 5.95 Å². The molecule has 0 radical (unpaired) electrons. The largest absolute Gasteiger partial charge is 0.464 e. The molecule has 0 unspecified atom stereocenters. The van der Waals surface area contributed by atoms with E-state index in [2.05, 4.69) is 9.97 Å². The Kier molecular flexibility index (Phi) is 4.05. The maximum Gasteiger partial charge on any atom is 0.418 e. The van der Waals surface area contributed by atoms with Crippen molar-refractivity contribution in [1.82, 2.24) is 9.97 Å². The Bertz CT molecular complexity index is 619. The minimum Gasteiger partial charge on any atom is -0.464 e. The third kappa shape index (κ3) is 2.97. The summed E-state index contributed by atoms with van der Waals surface area (Å²) >= 11 is 5.93.